The smallest absolute Gasteiger partial charge is 0.325 e. The maximum Gasteiger partial charge on any atom is 0.325 e. The van der Waals surface area contributed by atoms with Gasteiger partial charge in [-0.2, -0.15) is 5.26 Å². The minimum absolute atomic E-state index is 0.430. The maximum absolute atomic E-state index is 11.1. The van der Waals surface area contributed by atoms with E-state index in [0.717, 1.165) is 16.9 Å². The largest absolute Gasteiger partial charge is 0.494 e. The van der Waals surface area contributed by atoms with Crippen LogP contribution in [0, 0.1) is 18.3 Å². The van der Waals surface area contributed by atoms with Crippen LogP contribution in [-0.2, 0) is 11.3 Å². The van der Waals surface area contributed by atoms with Crippen molar-refractivity contribution in [3.8, 4) is 11.8 Å². The van der Waals surface area contributed by atoms with E-state index >= 15 is 0 Å². The molecule has 1 aromatic rings. The van der Waals surface area contributed by atoms with E-state index in [0.29, 0.717) is 13.2 Å². The Morgan fingerprint density at radius 2 is 2.24 bits per heavy atom. The lowest BCUT2D eigenvalue weighted by Gasteiger charge is -2.14. The molecular weight excluding hydrogens is 216 g/mol. The highest BCUT2D eigenvalue weighted by atomic mass is 16.5. The normalized spacial score (nSPS) is 9.53. The van der Waals surface area contributed by atoms with Crippen molar-refractivity contribution in [3.63, 3.8) is 0 Å². The van der Waals surface area contributed by atoms with Crippen molar-refractivity contribution in [1.29, 1.82) is 5.26 Å². The Kier molecular flexibility index (Phi) is 4.53. The summed E-state index contributed by atoms with van der Waals surface area (Å²) in [5.41, 5.74) is 2.01. The van der Waals surface area contributed by atoms with Gasteiger partial charge in [0.25, 0.3) is 0 Å². The van der Waals surface area contributed by atoms with Crippen molar-refractivity contribution in [1.82, 2.24) is 4.90 Å². The van der Waals surface area contributed by atoms with Crippen molar-refractivity contribution in [2.75, 3.05) is 13.7 Å². The number of hydrogen-bond acceptors (Lipinski definition) is 3. The summed E-state index contributed by atoms with van der Waals surface area (Å²) in [6, 6.07) is 7.35. The number of carbonyl (C=O) groups excluding carboxylic acids is 1. The first-order valence-corrected chi connectivity index (χ1v) is 5.46. The molecule has 0 saturated carbocycles. The lowest BCUT2D eigenvalue weighted by Crippen LogP contribution is -2.24. The Hall–Kier alpha value is -2.02. The molecule has 0 spiro atoms. The van der Waals surface area contributed by atoms with Gasteiger partial charge < -0.3 is 9.64 Å². The molecule has 90 valence electrons. The van der Waals surface area contributed by atoms with E-state index in [9.17, 15) is 4.79 Å². The van der Waals surface area contributed by atoms with Crippen LogP contribution in [-0.4, -0.2) is 24.5 Å². The Bertz CT molecular complexity index is 449. The molecule has 0 aliphatic carbocycles. The zero-order valence-electron chi connectivity index (χ0n) is 10.4. The quantitative estimate of drug-likeness (QED) is 0.745. The molecule has 4 nitrogen and oxygen atoms in total. The van der Waals surface area contributed by atoms with Gasteiger partial charge in [0.15, 0.2) is 6.07 Å². The number of aryl methyl sites for hydroxylation is 1. The molecule has 1 rings (SSSR count). The molecule has 1 aromatic carbocycles. The summed E-state index contributed by atoms with van der Waals surface area (Å²) in [5, 5.41) is 8.49. The van der Waals surface area contributed by atoms with Gasteiger partial charge in [-0.05, 0) is 31.0 Å². The van der Waals surface area contributed by atoms with Gasteiger partial charge in [-0.25, -0.2) is 0 Å². The second-order valence-electron chi connectivity index (χ2n) is 3.81. The number of benzene rings is 1. The molecule has 4 heteroatoms. The number of hydrogen-bond donors (Lipinski definition) is 0. The number of amides is 1. The van der Waals surface area contributed by atoms with Crippen molar-refractivity contribution in [2.24, 2.45) is 0 Å². The minimum atomic E-state index is -0.531. The number of carbonyl (C=O) groups is 1. The number of nitrogens with zero attached hydrogens (tertiary/aromatic N) is 2. The Labute approximate surface area is 101 Å². The van der Waals surface area contributed by atoms with Gasteiger partial charge in [0.05, 0.1) is 6.61 Å². The lowest BCUT2D eigenvalue weighted by atomic mass is 10.1. The van der Waals surface area contributed by atoms with Crippen LogP contribution in [0.15, 0.2) is 18.2 Å². The molecule has 0 radical (unpaired) electrons. The Balaban J connectivity index is 2.77. The van der Waals surface area contributed by atoms with E-state index in [1.54, 1.807) is 13.1 Å². The average Bonchev–Trinajstić information content (AvgIpc) is 2.31. The van der Waals surface area contributed by atoms with Crippen molar-refractivity contribution in [2.45, 2.75) is 20.4 Å². The SMILES string of the molecule is CCOc1ccc(CN(C)C(=O)C#N)cc1C. The van der Waals surface area contributed by atoms with Crippen LogP contribution in [0.1, 0.15) is 18.1 Å². The molecule has 17 heavy (non-hydrogen) atoms. The van der Waals surface area contributed by atoms with Crippen molar-refractivity contribution in [3.05, 3.63) is 29.3 Å². The van der Waals surface area contributed by atoms with Crippen LogP contribution < -0.4 is 4.74 Å². The van der Waals surface area contributed by atoms with Crippen LogP contribution in [0.3, 0.4) is 0 Å². The van der Waals surface area contributed by atoms with Crippen LogP contribution in [0.2, 0.25) is 0 Å². The molecule has 1 amide bonds. The van der Waals surface area contributed by atoms with Crippen LogP contribution in [0.4, 0.5) is 0 Å². The monoisotopic (exact) mass is 232 g/mol. The van der Waals surface area contributed by atoms with Gasteiger partial charge in [-0.3, -0.25) is 4.79 Å². The molecule has 0 atom stereocenters. The van der Waals surface area contributed by atoms with E-state index < -0.39 is 5.91 Å². The zero-order chi connectivity index (χ0) is 12.8. The summed E-state index contributed by atoms with van der Waals surface area (Å²) >= 11 is 0. The summed E-state index contributed by atoms with van der Waals surface area (Å²) in [6.45, 7) is 4.96. The van der Waals surface area contributed by atoms with Gasteiger partial charge in [0, 0.05) is 13.6 Å². The highest BCUT2D eigenvalue weighted by Crippen LogP contribution is 2.19. The van der Waals surface area contributed by atoms with Gasteiger partial charge in [-0.1, -0.05) is 12.1 Å². The first-order valence-electron chi connectivity index (χ1n) is 5.46. The van der Waals surface area contributed by atoms with Gasteiger partial charge >= 0.3 is 5.91 Å². The highest BCUT2D eigenvalue weighted by molar-refractivity contribution is 5.90. The van der Waals surface area contributed by atoms with Gasteiger partial charge in [-0.15, -0.1) is 0 Å². The van der Waals surface area contributed by atoms with Crippen LogP contribution in [0.25, 0.3) is 0 Å². The fraction of sp³-hybridized carbons (Fsp3) is 0.385. The number of rotatable bonds is 4. The summed E-state index contributed by atoms with van der Waals surface area (Å²) in [6.07, 6.45) is 0. The Morgan fingerprint density at radius 1 is 1.53 bits per heavy atom. The van der Waals surface area contributed by atoms with E-state index in [1.165, 1.54) is 4.90 Å². The first kappa shape index (κ1) is 13.0. The molecule has 0 aliphatic rings. The number of ether oxygens (including phenoxy) is 1. The highest BCUT2D eigenvalue weighted by Gasteiger charge is 2.08. The Morgan fingerprint density at radius 3 is 2.76 bits per heavy atom. The molecule has 0 heterocycles. The van der Waals surface area contributed by atoms with Crippen molar-refractivity contribution < 1.29 is 9.53 Å². The third-order valence-electron chi connectivity index (χ3n) is 2.40. The summed E-state index contributed by atoms with van der Waals surface area (Å²) in [5.74, 6) is 0.321. The minimum Gasteiger partial charge on any atom is -0.494 e. The molecule has 0 aromatic heterocycles. The number of nitriles is 1. The lowest BCUT2D eigenvalue weighted by molar-refractivity contribution is -0.124. The maximum atomic E-state index is 11.1. The standard InChI is InChI=1S/C13H16N2O2/c1-4-17-12-6-5-11(7-10(12)2)9-15(3)13(16)8-14/h5-7H,4,9H2,1-3H3. The summed E-state index contributed by atoms with van der Waals surface area (Å²) in [7, 11) is 1.61. The fourth-order valence-corrected chi connectivity index (χ4v) is 1.56. The molecule has 0 saturated heterocycles. The average molecular weight is 232 g/mol. The molecule has 0 bridgehead atoms. The van der Waals surface area contributed by atoms with Crippen LogP contribution in [0.5, 0.6) is 5.75 Å². The predicted molar refractivity (Wildman–Crippen MR) is 64.4 cm³/mol. The second-order valence-corrected chi connectivity index (χ2v) is 3.81. The van der Waals surface area contributed by atoms with E-state index in [4.69, 9.17) is 10.00 Å². The van der Waals surface area contributed by atoms with Gasteiger partial charge in [0.2, 0.25) is 0 Å². The fourth-order valence-electron chi connectivity index (χ4n) is 1.56. The summed E-state index contributed by atoms with van der Waals surface area (Å²) < 4.78 is 5.43. The van der Waals surface area contributed by atoms with E-state index in [1.807, 2.05) is 32.0 Å². The molecule has 0 aliphatic heterocycles. The molecule has 0 N–H and O–H groups in total. The van der Waals surface area contributed by atoms with E-state index in [2.05, 4.69) is 0 Å². The summed E-state index contributed by atoms with van der Waals surface area (Å²) in [4.78, 5) is 12.5. The first-order chi connectivity index (χ1) is 8.08. The van der Waals surface area contributed by atoms with E-state index in [-0.39, 0.29) is 0 Å². The molecule has 0 fully saturated rings. The van der Waals surface area contributed by atoms with Crippen LogP contribution >= 0.6 is 0 Å². The molecule has 0 unspecified atom stereocenters. The second kappa shape index (κ2) is 5.90. The zero-order valence-corrected chi connectivity index (χ0v) is 10.4. The predicted octanol–water partition coefficient (Wildman–Crippen LogP) is 1.88. The van der Waals surface area contributed by atoms with Gasteiger partial charge in [0.1, 0.15) is 5.75 Å². The topological polar surface area (TPSA) is 53.3 Å². The third-order valence-corrected chi connectivity index (χ3v) is 2.40. The molecular formula is C13H16N2O2. The van der Waals surface area contributed by atoms with Crippen molar-refractivity contribution >= 4 is 5.91 Å². The third kappa shape index (κ3) is 3.49.